The molecule has 0 unspecified atom stereocenters. The number of carbonyl (C=O) groups is 1. The molecule has 0 aliphatic carbocycles. The summed E-state index contributed by atoms with van der Waals surface area (Å²) in [7, 11) is 0. The Balaban J connectivity index is 3.20. The third-order valence-corrected chi connectivity index (χ3v) is 1.82. The van der Waals surface area contributed by atoms with Gasteiger partial charge < -0.3 is 10.6 Å². The SMILES string of the molecule is CCCCNC(=O)NCCC(C)C. The van der Waals surface area contributed by atoms with Crippen LogP contribution in [0.1, 0.15) is 40.0 Å². The van der Waals surface area contributed by atoms with Gasteiger partial charge in [0.15, 0.2) is 0 Å². The van der Waals surface area contributed by atoms with Crippen LogP contribution < -0.4 is 10.6 Å². The van der Waals surface area contributed by atoms with E-state index in [9.17, 15) is 4.79 Å². The monoisotopic (exact) mass is 186 g/mol. The van der Waals surface area contributed by atoms with Crippen LogP contribution in [0.15, 0.2) is 0 Å². The molecule has 2 amide bonds. The molecule has 0 bridgehead atoms. The first-order valence-corrected chi connectivity index (χ1v) is 5.18. The van der Waals surface area contributed by atoms with Crippen LogP contribution in [0, 0.1) is 5.92 Å². The smallest absolute Gasteiger partial charge is 0.314 e. The Bertz CT molecular complexity index is 135. The summed E-state index contributed by atoms with van der Waals surface area (Å²) in [6, 6.07) is -0.0332. The van der Waals surface area contributed by atoms with Crippen molar-refractivity contribution in [2.24, 2.45) is 5.92 Å². The molecule has 0 aromatic heterocycles. The molecule has 0 aliphatic rings. The quantitative estimate of drug-likeness (QED) is 0.613. The van der Waals surface area contributed by atoms with Crippen molar-refractivity contribution in [3.8, 4) is 0 Å². The molecule has 0 aromatic carbocycles. The summed E-state index contributed by atoms with van der Waals surface area (Å²) < 4.78 is 0. The average Bonchev–Trinajstić information content (AvgIpc) is 2.04. The molecule has 0 atom stereocenters. The lowest BCUT2D eigenvalue weighted by Gasteiger charge is -2.08. The van der Waals surface area contributed by atoms with E-state index in [0.717, 1.165) is 32.4 Å². The third-order valence-electron chi connectivity index (χ3n) is 1.82. The van der Waals surface area contributed by atoms with E-state index in [0.29, 0.717) is 5.92 Å². The van der Waals surface area contributed by atoms with Crippen molar-refractivity contribution in [3.63, 3.8) is 0 Å². The molecule has 0 saturated heterocycles. The third kappa shape index (κ3) is 9.18. The van der Waals surface area contributed by atoms with Gasteiger partial charge >= 0.3 is 6.03 Å². The zero-order valence-corrected chi connectivity index (χ0v) is 9.02. The maximum atomic E-state index is 11.1. The van der Waals surface area contributed by atoms with Gasteiger partial charge in [-0.25, -0.2) is 4.79 Å². The summed E-state index contributed by atoms with van der Waals surface area (Å²) in [6.45, 7) is 7.96. The first-order chi connectivity index (χ1) is 6.16. The first-order valence-electron chi connectivity index (χ1n) is 5.18. The van der Waals surface area contributed by atoms with Gasteiger partial charge in [-0.3, -0.25) is 0 Å². The summed E-state index contributed by atoms with van der Waals surface area (Å²) >= 11 is 0. The Hall–Kier alpha value is -0.730. The van der Waals surface area contributed by atoms with E-state index in [1.807, 2.05) is 0 Å². The summed E-state index contributed by atoms with van der Waals surface area (Å²) in [5.74, 6) is 0.649. The Morgan fingerprint density at radius 3 is 2.38 bits per heavy atom. The van der Waals surface area contributed by atoms with Crippen LogP contribution in [0.5, 0.6) is 0 Å². The molecular formula is C10H22N2O. The largest absolute Gasteiger partial charge is 0.338 e. The maximum Gasteiger partial charge on any atom is 0.314 e. The second kappa shape index (κ2) is 7.90. The fraction of sp³-hybridized carbons (Fsp3) is 0.900. The Kier molecular flexibility index (Phi) is 7.45. The molecule has 0 aliphatic heterocycles. The van der Waals surface area contributed by atoms with Crippen LogP contribution in [0.3, 0.4) is 0 Å². The summed E-state index contributed by atoms with van der Waals surface area (Å²) in [5, 5.41) is 5.63. The van der Waals surface area contributed by atoms with Crippen molar-refractivity contribution in [3.05, 3.63) is 0 Å². The lowest BCUT2D eigenvalue weighted by atomic mass is 10.1. The summed E-state index contributed by atoms with van der Waals surface area (Å²) in [6.07, 6.45) is 3.21. The predicted molar refractivity (Wildman–Crippen MR) is 55.8 cm³/mol. The van der Waals surface area contributed by atoms with E-state index < -0.39 is 0 Å². The number of unbranched alkanes of at least 4 members (excludes halogenated alkanes) is 1. The second-order valence-electron chi connectivity index (χ2n) is 3.72. The molecule has 0 saturated carbocycles. The molecule has 78 valence electrons. The molecule has 0 aromatic rings. The van der Waals surface area contributed by atoms with Crippen molar-refractivity contribution < 1.29 is 4.79 Å². The highest BCUT2D eigenvalue weighted by molar-refractivity contribution is 5.73. The Morgan fingerprint density at radius 2 is 1.85 bits per heavy atom. The number of amides is 2. The molecule has 0 fully saturated rings. The topological polar surface area (TPSA) is 41.1 Å². The molecule has 2 N–H and O–H groups in total. The minimum atomic E-state index is -0.0332. The standard InChI is InChI=1S/C10H22N2O/c1-4-5-7-11-10(13)12-8-6-9(2)3/h9H,4-8H2,1-3H3,(H2,11,12,13). The molecule has 13 heavy (non-hydrogen) atoms. The van der Waals surface area contributed by atoms with Crippen molar-refractivity contribution >= 4 is 6.03 Å². The summed E-state index contributed by atoms with van der Waals surface area (Å²) in [4.78, 5) is 11.1. The maximum absolute atomic E-state index is 11.1. The zero-order chi connectivity index (χ0) is 10.1. The van der Waals surface area contributed by atoms with Crippen molar-refractivity contribution in [1.29, 1.82) is 0 Å². The highest BCUT2D eigenvalue weighted by atomic mass is 16.2. The van der Waals surface area contributed by atoms with Gasteiger partial charge in [0.25, 0.3) is 0 Å². The molecule has 3 heteroatoms. The van der Waals surface area contributed by atoms with Crippen LogP contribution in [0.4, 0.5) is 4.79 Å². The Labute approximate surface area is 81.3 Å². The van der Waals surface area contributed by atoms with Gasteiger partial charge in [0.05, 0.1) is 0 Å². The highest BCUT2D eigenvalue weighted by Gasteiger charge is 1.98. The van der Waals surface area contributed by atoms with E-state index in [2.05, 4.69) is 31.4 Å². The van der Waals surface area contributed by atoms with Crippen LogP contribution in [-0.4, -0.2) is 19.1 Å². The number of urea groups is 1. The average molecular weight is 186 g/mol. The lowest BCUT2D eigenvalue weighted by Crippen LogP contribution is -2.36. The fourth-order valence-electron chi connectivity index (χ4n) is 0.916. The van der Waals surface area contributed by atoms with E-state index in [1.54, 1.807) is 0 Å². The van der Waals surface area contributed by atoms with E-state index >= 15 is 0 Å². The van der Waals surface area contributed by atoms with Crippen LogP contribution >= 0.6 is 0 Å². The first kappa shape index (κ1) is 12.3. The van der Waals surface area contributed by atoms with Crippen molar-refractivity contribution in [2.75, 3.05) is 13.1 Å². The molecule has 3 nitrogen and oxygen atoms in total. The van der Waals surface area contributed by atoms with E-state index in [-0.39, 0.29) is 6.03 Å². The predicted octanol–water partition coefficient (Wildman–Crippen LogP) is 2.13. The Morgan fingerprint density at radius 1 is 1.23 bits per heavy atom. The zero-order valence-electron chi connectivity index (χ0n) is 9.02. The molecular weight excluding hydrogens is 164 g/mol. The van der Waals surface area contributed by atoms with Gasteiger partial charge in [-0.1, -0.05) is 27.2 Å². The van der Waals surface area contributed by atoms with Crippen LogP contribution in [0.25, 0.3) is 0 Å². The molecule has 0 radical (unpaired) electrons. The number of carbonyl (C=O) groups excluding carboxylic acids is 1. The normalized spacial score (nSPS) is 10.2. The van der Waals surface area contributed by atoms with Gasteiger partial charge in [0.1, 0.15) is 0 Å². The van der Waals surface area contributed by atoms with Crippen LogP contribution in [0.2, 0.25) is 0 Å². The number of rotatable bonds is 6. The van der Waals surface area contributed by atoms with Gasteiger partial charge in [-0.15, -0.1) is 0 Å². The van der Waals surface area contributed by atoms with E-state index in [1.165, 1.54) is 0 Å². The number of hydrogen-bond donors (Lipinski definition) is 2. The van der Waals surface area contributed by atoms with Gasteiger partial charge in [0.2, 0.25) is 0 Å². The van der Waals surface area contributed by atoms with Crippen molar-refractivity contribution in [2.45, 2.75) is 40.0 Å². The van der Waals surface area contributed by atoms with E-state index in [4.69, 9.17) is 0 Å². The number of nitrogens with one attached hydrogen (secondary N) is 2. The molecule has 0 heterocycles. The minimum Gasteiger partial charge on any atom is -0.338 e. The second-order valence-corrected chi connectivity index (χ2v) is 3.72. The highest BCUT2D eigenvalue weighted by Crippen LogP contribution is 1.95. The molecule has 0 spiro atoms. The van der Waals surface area contributed by atoms with Gasteiger partial charge in [0, 0.05) is 13.1 Å². The number of hydrogen-bond acceptors (Lipinski definition) is 1. The summed E-state index contributed by atoms with van der Waals surface area (Å²) in [5.41, 5.74) is 0. The molecule has 0 rings (SSSR count). The fourth-order valence-corrected chi connectivity index (χ4v) is 0.916. The van der Waals surface area contributed by atoms with Crippen molar-refractivity contribution in [1.82, 2.24) is 10.6 Å². The van der Waals surface area contributed by atoms with Gasteiger partial charge in [-0.2, -0.15) is 0 Å². The lowest BCUT2D eigenvalue weighted by molar-refractivity contribution is 0.240. The van der Waals surface area contributed by atoms with Crippen LogP contribution in [-0.2, 0) is 0 Å². The minimum absolute atomic E-state index is 0.0332. The van der Waals surface area contributed by atoms with Gasteiger partial charge in [-0.05, 0) is 18.8 Å².